The molecule has 1 aromatic rings. The molecule has 0 bridgehead atoms. The molecular weight excluding hydrogens is 226 g/mol. The molecule has 1 atom stereocenters. The molecule has 6 heteroatoms. The van der Waals surface area contributed by atoms with Crippen molar-refractivity contribution in [2.45, 2.75) is 19.1 Å². The highest BCUT2D eigenvalue weighted by Gasteiger charge is 2.25. The first-order valence-electron chi connectivity index (χ1n) is 4.80. The zero-order chi connectivity index (χ0) is 11.5. The number of amides is 1. The fourth-order valence-corrected chi connectivity index (χ4v) is 1.92. The lowest BCUT2D eigenvalue weighted by atomic mass is 10.4. The molecule has 0 saturated carbocycles. The van der Waals surface area contributed by atoms with E-state index in [1.165, 1.54) is 18.0 Å². The van der Waals surface area contributed by atoms with E-state index in [1.54, 1.807) is 0 Å². The monoisotopic (exact) mass is 237 g/mol. The number of thioether (sulfide) groups is 1. The third kappa shape index (κ3) is 2.52. The van der Waals surface area contributed by atoms with Crippen LogP contribution in [-0.4, -0.2) is 22.5 Å². The summed E-state index contributed by atoms with van der Waals surface area (Å²) in [6, 6.07) is 3.66. The largest absolute Gasteiger partial charge is 0.460 e. The van der Waals surface area contributed by atoms with Crippen molar-refractivity contribution in [3.63, 3.8) is 0 Å². The van der Waals surface area contributed by atoms with Crippen LogP contribution in [0.2, 0.25) is 0 Å². The number of nitrogens with zero attached hydrogens (tertiary/aromatic N) is 2. The summed E-state index contributed by atoms with van der Waals surface area (Å²) >= 11 is 1.36. The Kier molecular flexibility index (Phi) is 3.09. The van der Waals surface area contributed by atoms with Crippen molar-refractivity contribution in [2.75, 3.05) is 0 Å². The second kappa shape index (κ2) is 4.52. The molecule has 2 rings (SSSR count). The molecule has 0 aliphatic carbocycles. The smallest absolute Gasteiger partial charge is 0.239 e. The Labute approximate surface area is 97.0 Å². The van der Waals surface area contributed by atoms with Gasteiger partial charge in [-0.15, -0.1) is 5.10 Å². The van der Waals surface area contributed by atoms with E-state index in [0.29, 0.717) is 10.9 Å². The summed E-state index contributed by atoms with van der Waals surface area (Å²) in [4.78, 5) is 11.1. The van der Waals surface area contributed by atoms with Gasteiger partial charge >= 0.3 is 0 Å². The van der Waals surface area contributed by atoms with Gasteiger partial charge in [0, 0.05) is 0 Å². The molecule has 1 aliphatic heterocycles. The van der Waals surface area contributed by atoms with E-state index < -0.39 is 0 Å². The lowest BCUT2D eigenvalue weighted by Crippen LogP contribution is -2.23. The van der Waals surface area contributed by atoms with Crippen LogP contribution in [0.4, 0.5) is 0 Å². The van der Waals surface area contributed by atoms with E-state index in [1.807, 2.05) is 26.0 Å². The molecule has 0 aromatic carbocycles. The summed E-state index contributed by atoms with van der Waals surface area (Å²) in [6.45, 7) is 3.68. The van der Waals surface area contributed by atoms with Crippen LogP contribution in [0.25, 0.3) is 0 Å². The molecule has 16 heavy (non-hydrogen) atoms. The number of hydrogen-bond acceptors (Lipinski definition) is 5. The van der Waals surface area contributed by atoms with Crippen LogP contribution in [-0.2, 0) is 4.79 Å². The Bertz CT molecular complexity index is 464. The van der Waals surface area contributed by atoms with Gasteiger partial charge in [-0.25, -0.2) is 0 Å². The Morgan fingerprint density at radius 1 is 1.56 bits per heavy atom. The Morgan fingerprint density at radius 2 is 2.38 bits per heavy atom. The highest BCUT2D eigenvalue weighted by molar-refractivity contribution is 8.15. The first kappa shape index (κ1) is 10.9. The van der Waals surface area contributed by atoms with Crippen molar-refractivity contribution in [1.29, 1.82) is 0 Å². The van der Waals surface area contributed by atoms with Crippen LogP contribution in [0, 0.1) is 6.92 Å². The van der Waals surface area contributed by atoms with Crippen LogP contribution < -0.4 is 5.32 Å². The van der Waals surface area contributed by atoms with Crippen LogP contribution in [0.15, 0.2) is 26.8 Å². The minimum atomic E-state index is -0.0974. The minimum absolute atomic E-state index is 0.0345. The van der Waals surface area contributed by atoms with Gasteiger partial charge in [-0.1, -0.05) is 11.8 Å². The molecular formula is C10H11N3O2S. The SMILES string of the molecule is Cc1ccc(/C=N/N=C2\NC(=O)[C@@H](C)S2)o1. The maximum Gasteiger partial charge on any atom is 0.239 e. The van der Waals surface area contributed by atoms with Crippen molar-refractivity contribution < 1.29 is 9.21 Å². The molecule has 1 N–H and O–H groups in total. The third-order valence-electron chi connectivity index (χ3n) is 1.98. The number of carbonyl (C=O) groups excluding carboxylic acids is 1. The second-order valence-electron chi connectivity index (χ2n) is 3.35. The Morgan fingerprint density at radius 3 is 2.94 bits per heavy atom. The zero-order valence-electron chi connectivity index (χ0n) is 8.93. The van der Waals surface area contributed by atoms with E-state index in [-0.39, 0.29) is 11.2 Å². The molecule has 2 heterocycles. The summed E-state index contributed by atoms with van der Waals surface area (Å²) < 4.78 is 5.28. The summed E-state index contributed by atoms with van der Waals surface area (Å²) in [5.74, 6) is 1.43. The molecule has 0 unspecified atom stereocenters. The van der Waals surface area contributed by atoms with Gasteiger partial charge in [-0.2, -0.15) is 5.10 Å². The number of amidine groups is 1. The van der Waals surface area contributed by atoms with E-state index in [4.69, 9.17) is 4.42 Å². The number of rotatable bonds is 2. The molecule has 1 saturated heterocycles. The van der Waals surface area contributed by atoms with Crippen molar-refractivity contribution >= 4 is 29.1 Å². The summed E-state index contributed by atoms with van der Waals surface area (Å²) in [5.41, 5.74) is 0. The number of nitrogens with one attached hydrogen (secondary N) is 1. The van der Waals surface area contributed by atoms with Crippen LogP contribution in [0.5, 0.6) is 0 Å². The Balaban J connectivity index is 1.99. The molecule has 1 amide bonds. The molecule has 0 spiro atoms. The number of furan rings is 1. The van der Waals surface area contributed by atoms with Gasteiger partial charge in [0.05, 0.1) is 11.5 Å². The molecule has 1 fully saturated rings. The van der Waals surface area contributed by atoms with Crippen LogP contribution in [0.1, 0.15) is 18.4 Å². The van der Waals surface area contributed by atoms with E-state index in [9.17, 15) is 4.79 Å². The summed E-state index contributed by atoms with van der Waals surface area (Å²) in [7, 11) is 0. The van der Waals surface area contributed by atoms with Gasteiger partial charge in [0.25, 0.3) is 0 Å². The predicted octanol–water partition coefficient (Wildman–Crippen LogP) is 1.53. The van der Waals surface area contributed by atoms with Crippen molar-refractivity contribution in [1.82, 2.24) is 5.32 Å². The number of aryl methyl sites for hydroxylation is 1. The van der Waals surface area contributed by atoms with Crippen molar-refractivity contribution in [3.05, 3.63) is 23.7 Å². The molecule has 5 nitrogen and oxygen atoms in total. The highest BCUT2D eigenvalue weighted by atomic mass is 32.2. The quantitative estimate of drug-likeness (QED) is 0.626. The van der Waals surface area contributed by atoms with Gasteiger partial charge in [0.15, 0.2) is 5.17 Å². The predicted molar refractivity (Wildman–Crippen MR) is 63.7 cm³/mol. The first-order chi connectivity index (χ1) is 7.65. The van der Waals surface area contributed by atoms with Gasteiger partial charge in [-0.05, 0) is 26.0 Å². The fourth-order valence-electron chi connectivity index (χ4n) is 1.17. The fraction of sp³-hybridized carbons (Fsp3) is 0.300. The lowest BCUT2D eigenvalue weighted by molar-refractivity contribution is -0.118. The average molecular weight is 237 g/mol. The lowest BCUT2D eigenvalue weighted by Gasteiger charge is -1.88. The van der Waals surface area contributed by atoms with Gasteiger partial charge < -0.3 is 9.73 Å². The average Bonchev–Trinajstić information content (AvgIpc) is 2.75. The highest BCUT2D eigenvalue weighted by Crippen LogP contribution is 2.18. The molecule has 1 aromatic heterocycles. The normalized spacial score (nSPS) is 23.2. The molecule has 84 valence electrons. The molecule has 0 radical (unpaired) electrons. The third-order valence-corrected chi connectivity index (χ3v) is 2.96. The minimum Gasteiger partial charge on any atom is -0.460 e. The maximum atomic E-state index is 11.1. The zero-order valence-corrected chi connectivity index (χ0v) is 9.75. The van der Waals surface area contributed by atoms with Crippen molar-refractivity contribution in [2.24, 2.45) is 10.2 Å². The summed E-state index contributed by atoms with van der Waals surface area (Å²) in [5, 5.41) is 10.8. The van der Waals surface area contributed by atoms with Gasteiger partial charge in [-0.3, -0.25) is 4.79 Å². The standard InChI is InChI=1S/C10H11N3O2S/c1-6-3-4-8(15-6)5-11-13-10-12-9(14)7(2)16-10/h3-5,7H,1-2H3,(H,12,13,14)/b11-5+/t7-/m1/s1. The van der Waals surface area contributed by atoms with Crippen LogP contribution in [0.3, 0.4) is 0 Å². The second-order valence-corrected chi connectivity index (χ2v) is 4.68. The number of carbonyl (C=O) groups is 1. The van der Waals surface area contributed by atoms with E-state index >= 15 is 0 Å². The van der Waals surface area contributed by atoms with Crippen molar-refractivity contribution in [3.8, 4) is 0 Å². The van der Waals surface area contributed by atoms with Crippen LogP contribution >= 0.6 is 11.8 Å². The molecule has 1 aliphatic rings. The Hall–Kier alpha value is -1.56. The number of hydrogen-bond donors (Lipinski definition) is 1. The first-order valence-corrected chi connectivity index (χ1v) is 5.68. The van der Waals surface area contributed by atoms with E-state index in [0.717, 1.165) is 5.76 Å². The maximum absolute atomic E-state index is 11.1. The topological polar surface area (TPSA) is 67.0 Å². The van der Waals surface area contributed by atoms with Gasteiger partial charge in [0.1, 0.15) is 11.5 Å². The van der Waals surface area contributed by atoms with E-state index in [2.05, 4.69) is 15.5 Å². The summed E-state index contributed by atoms with van der Waals surface area (Å²) in [6.07, 6.45) is 1.51. The van der Waals surface area contributed by atoms with Gasteiger partial charge in [0.2, 0.25) is 5.91 Å².